The smallest absolute Gasteiger partial charge is 0.727 e. The molecule has 0 saturated heterocycles. The molecule has 0 aromatic rings. The quantitative estimate of drug-likeness (QED) is 0.267. The van der Waals surface area contributed by atoms with Crippen LogP contribution in [0, 0.1) is 17.8 Å². The van der Waals surface area contributed by atoms with Crippen LogP contribution in [0.1, 0.15) is 46.5 Å². The van der Waals surface area contributed by atoms with Crippen LogP contribution in [0.3, 0.4) is 0 Å². The van der Waals surface area contributed by atoms with Crippen molar-refractivity contribution in [1.29, 1.82) is 0 Å². The van der Waals surface area contributed by atoms with Crippen molar-refractivity contribution >= 4 is 19.1 Å². The van der Waals surface area contributed by atoms with Crippen molar-refractivity contribution in [2.45, 2.75) is 46.5 Å². The minimum Gasteiger partial charge on any atom is -0.727 e. The normalized spacial score (nSPS) is 20.9. The molecule has 0 aromatic heterocycles. The number of rotatable bonds is 1. The molecule has 1 fully saturated rings. The first kappa shape index (κ1) is 27.2. The van der Waals surface area contributed by atoms with E-state index in [4.69, 9.17) is 24.4 Å². The number of hydrogen-bond acceptors (Lipinski definition) is 6. The number of hydrogen-bond donors (Lipinski definition) is 3. The van der Waals surface area contributed by atoms with Crippen LogP contribution in [0.5, 0.6) is 0 Å². The third-order valence-corrected chi connectivity index (χ3v) is 3.00. The maximum atomic E-state index is 8.00. The number of carbonyl (C=O) groups excluding carboxylic acids is 1. The van der Waals surface area contributed by atoms with Crippen LogP contribution in [-0.4, -0.2) is 21.2 Å². The van der Waals surface area contributed by atoms with Gasteiger partial charge in [0.1, 0.15) is 6.79 Å². The summed E-state index contributed by atoms with van der Waals surface area (Å²) in [6.45, 7) is 9.11. The predicted octanol–water partition coefficient (Wildman–Crippen LogP) is -0.227. The summed E-state index contributed by atoms with van der Waals surface area (Å²) in [7, 11) is 0. The van der Waals surface area contributed by atoms with Gasteiger partial charge in [-0.2, -0.15) is 0 Å². The summed E-state index contributed by atoms with van der Waals surface area (Å²) < 4.78 is 14.1. The zero-order chi connectivity index (χ0) is 14.3. The van der Waals surface area contributed by atoms with E-state index in [0.29, 0.717) is 0 Å². The molecule has 0 spiro atoms. The van der Waals surface area contributed by atoms with Gasteiger partial charge in [-0.15, -0.1) is 0 Å². The van der Waals surface area contributed by atoms with Crippen molar-refractivity contribution in [1.82, 2.24) is 0 Å². The van der Waals surface area contributed by atoms with E-state index in [1.54, 1.807) is 0 Å². The van der Waals surface area contributed by atoms with Crippen LogP contribution in [0.4, 0.5) is 0 Å². The Kier molecular flexibility index (Phi) is 34.8. The molecule has 1 aliphatic carbocycles. The maximum Gasteiger partial charge on any atom is 1.00 e. The second-order valence-corrected chi connectivity index (χ2v) is 4.51. The predicted molar refractivity (Wildman–Crippen MR) is 68.6 cm³/mol. The molecule has 0 radical (unpaired) electrons. The average Bonchev–Trinajstić information content (AvgIpc) is 2.36. The zero-order valence-electron chi connectivity index (χ0n) is 11.8. The van der Waals surface area contributed by atoms with Gasteiger partial charge >= 0.3 is 29.6 Å². The summed E-state index contributed by atoms with van der Waals surface area (Å²) in [5.41, 5.74) is 0. The van der Waals surface area contributed by atoms with E-state index in [2.05, 4.69) is 20.8 Å². The van der Waals surface area contributed by atoms with Gasteiger partial charge in [-0.25, -0.2) is 0 Å². The first-order chi connectivity index (χ1) is 8.11. The maximum absolute atomic E-state index is 8.00. The first-order valence-corrected chi connectivity index (χ1v) is 6.27. The molecular weight excluding hydrogens is 267 g/mol. The molecule has 1 rings (SSSR count). The zero-order valence-corrected chi connectivity index (χ0v) is 14.7. The van der Waals surface area contributed by atoms with Gasteiger partial charge in [0.2, 0.25) is 0 Å². The van der Waals surface area contributed by atoms with Gasteiger partial charge in [0.15, 0.2) is 12.3 Å². The van der Waals surface area contributed by atoms with Gasteiger partial charge in [0.05, 0.1) is 0 Å². The molecule has 0 unspecified atom stereocenters. The Balaban J connectivity index is -0.000000106. The standard InChI is InChI=1S/C10H20.CH2O.Na.H2O2S.H2O2/c1-8(2)10-6-4-9(3)5-7-10;1-2;;1-3-2;1-2/h8-10H,4-7H2,1-3H3;1H2;;1-2H;1-2H/q;;+1;;/p-1. The third kappa shape index (κ3) is 19.2. The summed E-state index contributed by atoms with van der Waals surface area (Å²) >= 11 is -0.250. The molecule has 0 bridgehead atoms. The van der Waals surface area contributed by atoms with Crippen LogP contribution < -0.4 is 34.8 Å². The van der Waals surface area contributed by atoms with Crippen molar-refractivity contribution < 1.29 is 54.0 Å². The van der Waals surface area contributed by atoms with Crippen molar-refractivity contribution in [2.75, 3.05) is 0 Å². The van der Waals surface area contributed by atoms with Crippen molar-refractivity contribution in [3.05, 3.63) is 0 Å². The molecule has 0 aliphatic heterocycles. The fraction of sp³-hybridized carbons (Fsp3) is 0.909. The van der Waals surface area contributed by atoms with Gasteiger partial charge in [-0.05, 0) is 30.6 Å². The minimum absolute atomic E-state index is 0. The number of carbonyl (C=O) groups is 1. The van der Waals surface area contributed by atoms with E-state index in [-0.39, 0.29) is 41.9 Å². The Morgan fingerprint density at radius 3 is 1.61 bits per heavy atom. The SMILES string of the molecule is C=O.CC1CCC(C(C)C)CC1.OSO.[Na+].[O-]O. The summed E-state index contributed by atoms with van der Waals surface area (Å²) in [6, 6.07) is 0. The molecule has 1 aliphatic rings. The molecule has 0 amide bonds. The van der Waals surface area contributed by atoms with E-state index in [1.165, 1.54) is 25.7 Å². The minimum atomic E-state index is -0.250. The third-order valence-electron chi connectivity index (χ3n) is 3.00. The molecule has 7 heteroatoms. The van der Waals surface area contributed by atoms with E-state index >= 15 is 0 Å². The van der Waals surface area contributed by atoms with Crippen molar-refractivity contribution in [3.63, 3.8) is 0 Å². The Morgan fingerprint density at radius 1 is 1.11 bits per heavy atom. The molecule has 18 heavy (non-hydrogen) atoms. The summed E-state index contributed by atoms with van der Waals surface area (Å²) in [6.07, 6.45) is 5.92. The van der Waals surface area contributed by atoms with Crippen molar-refractivity contribution in [2.24, 2.45) is 17.8 Å². The first-order valence-electron chi connectivity index (χ1n) is 5.53. The van der Waals surface area contributed by atoms with Crippen LogP contribution in [0.2, 0.25) is 0 Å². The summed E-state index contributed by atoms with van der Waals surface area (Å²) in [4.78, 5) is 8.00. The van der Waals surface area contributed by atoms with Crippen LogP contribution in [-0.2, 0) is 4.79 Å². The van der Waals surface area contributed by atoms with E-state index in [9.17, 15) is 0 Å². The van der Waals surface area contributed by atoms with Gasteiger partial charge in [0.25, 0.3) is 0 Å². The van der Waals surface area contributed by atoms with Gasteiger partial charge in [-0.3, -0.25) is 0 Å². The second kappa shape index (κ2) is 23.0. The van der Waals surface area contributed by atoms with E-state index in [1.807, 2.05) is 6.79 Å². The molecule has 3 N–H and O–H groups in total. The van der Waals surface area contributed by atoms with Crippen molar-refractivity contribution in [3.8, 4) is 0 Å². The van der Waals surface area contributed by atoms with Crippen LogP contribution in [0.25, 0.3) is 0 Å². The Labute approximate surface area is 137 Å². The Bertz CT molecular complexity index is 133. The van der Waals surface area contributed by atoms with Crippen LogP contribution >= 0.6 is 12.3 Å². The fourth-order valence-electron chi connectivity index (χ4n) is 1.95. The van der Waals surface area contributed by atoms with Gasteiger partial charge in [-0.1, -0.05) is 33.6 Å². The topological polar surface area (TPSA) is 101 Å². The molecule has 0 atom stereocenters. The molecule has 0 aromatic carbocycles. The Hall–Kier alpha value is 0.860. The van der Waals surface area contributed by atoms with Crippen LogP contribution in [0.15, 0.2) is 0 Å². The molecule has 0 heterocycles. The second-order valence-electron chi connectivity index (χ2n) is 4.35. The van der Waals surface area contributed by atoms with E-state index < -0.39 is 0 Å². The molecule has 106 valence electrons. The van der Waals surface area contributed by atoms with Gasteiger partial charge < -0.3 is 24.4 Å². The fourth-order valence-corrected chi connectivity index (χ4v) is 1.95. The average molecular weight is 292 g/mol. The largest absolute Gasteiger partial charge is 1.00 e. The Morgan fingerprint density at radius 2 is 1.39 bits per heavy atom. The van der Waals surface area contributed by atoms with Gasteiger partial charge in [0, 0.05) is 0 Å². The van der Waals surface area contributed by atoms with E-state index in [0.717, 1.165) is 17.8 Å². The molecular formula is C11H25NaO5S. The molecule has 5 nitrogen and oxygen atoms in total. The monoisotopic (exact) mass is 292 g/mol. The molecule has 1 saturated carbocycles. The summed E-state index contributed by atoms with van der Waals surface area (Å²) in [5.74, 6) is 2.97. The summed E-state index contributed by atoms with van der Waals surface area (Å²) in [5, 5.41) is 13.0.